The van der Waals surface area contributed by atoms with Crippen LogP contribution < -0.4 is 10.2 Å². The summed E-state index contributed by atoms with van der Waals surface area (Å²) >= 11 is 0. The average molecular weight is 417 g/mol. The lowest BCUT2D eigenvalue weighted by molar-refractivity contribution is -0.114. The largest absolute Gasteiger partial charge is 0.378 e. The summed E-state index contributed by atoms with van der Waals surface area (Å²) in [7, 11) is -3.66. The summed E-state index contributed by atoms with van der Waals surface area (Å²) in [6.45, 7) is 4.71. The number of hydrogen-bond donors (Lipinski definition) is 1. The quantitative estimate of drug-likeness (QED) is 0.792. The van der Waals surface area contributed by atoms with Gasteiger partial charge in [-0.05, 0) is 36.2 Å². The van der Waals surface area contributed by atoms with Crippen molar-refractivity contribution >= 4 is 27.6 Å². The molecule has 1 N–H and O–H groups in total. The molecule has 0 saturated carbocycles. The molecule has 154 valence electrons. The molecule has 4 rings (SSSR count). The van der Waals surface area contributed by atoms with Gasteiger partial charge in [-0.15, -0.1) is 0 Å². The molecule has 2 aliphatic rings. The molecule has 1 fully saturated rings. The first-order chi connectivity index (χ1) is 13.9. The van der Waals surface area contributed by atoms with Crippen LogP contribution in [0.5, 0.6) is 0 Å². The van der Waals surface area contributed by atoms with Gasteiger partial charge in [-0.3, -0.25) is 4.79 Å². The number of sulfonamides is 1. The second-order valence-corrected chi connectivity index (χ2v) is 8.97. The van der Waals surface area contributed by atoms with Gasteiger partial charge in [0.1, 0.15) is 0 Å². The van der Waals surface area contributed by atoms with Crippen molar-refractivity contribution in [3.8, 4) is 0 Å². The Morgan fingerprint density at radius 1 is 1.14 bits per heavy atom. The highest BCUT2D eigenvalue weighted by molar-refractivity contribution is 7.89. The first kappa shape index (κ1) is 19.7. The van der Waals surface area contributed by atoms with E-state index in [9.17, 15) is 13.2 Å². The maximum atomic E-state index is 13.1. The fraction of sp³-hybridized carbons (Fsp3) is 0.421. The van der Waals surface area contributed by atoms with Crippen molar-refractivity contribution < 1.29 is 17.9 Å². The van der Waals surface area contributed by atoms with Gasteiger partial charge in [0.2, 0.25) is 21.9 Å². The Labute approximate surface area is 169 Å². The van der Waals surface area contributed by atoms with Crippen molar-refractivity contribution in [3.05, 3.63) is 41.7 Å². The van der Waals surface area contributed by atoms with Crippen LogP contribution in [0.25, 0.3) is 0 Å². The predicted octanol–water partition coefficient (Wildman–Crippen LogP) is 1.02. The summed E-state index contributed by atoms with van der Waals surface area (Å²) in [5.41, 5.74) is 2.28. The molecule has 0 aliphatic carbocycles. The average Bonchev–Trinajstić information content (AvgIpc) is 2.73. The minimum atomic E-state index is -3.66. The summed E-state index contributed by atoms with van der Waals surface area (Å²) < 4.78 is 33.0. The molecule has 1 aromatic heterocycles. The van der Waals surface area contributed by atoms with Crippen LogP contribution in [-0.2, 0) is 32.5 Å². The fourth-order valence-electron chi connectivity index (χ4n) is 3.45. The van der Waals surface area contributed by atoms with Crippen LogP contribution >= 0.6 is 0 Å². The highest BCUT2D eigenvalue weighted by atomic mass is 32.2. The number of amides is 1. The number of carbonyl (C=O) groups is 1. The van der Waals surface area contributed by atoms with Gasteiger partial charge in [-0.1, -0.05) is 0 Å². The molecular weight excluding hydrogens is 394 g/mol. The van der Waals surface area contributed by atoms with E-state index in [-0.39, 0.29) is 17.3 Å². The molecule has 29 heavy (non-hydrogen) atoms. The van der Waals surface area contributed by atoms with Crippen molar-refractivity contribution in [3.63, 3.8) is 0 Å². The zero-order chi connectivity index (χ0) is 20.4. The Morgan fingerprint density at radius 2 is 1.86 bits per heavy atom. The Hall–Kier alpha value is -2.56. The van der Waals surface area contributed by atoms with Gasteiger partial charge in [-0.25, -0.2) is 18.4 Å². The van der Waals surface area contributed by atoms with Gasteiger partial charge in [-0.2, -0.15) is 4.31 Å². The van der Waals surface area contributed by atoms with Crippen LogP contribution in [0, 0.1) is 0 Å². The molecule has 3 heterocycles. The Bertz CT molecular complexity index is 1000. The van der Waals surface area contributed by atoms with Crippen molar-refractivity contribution in [2.75, 3.05) is 43.1 Å². The molecule has 1 aromatic carbocycles. The molecule has 10 heteroatoms. The smallest absolute Gasteiger partial charge is 0.243 e. The SMILES string of the molecule is CC(=O)Nc1ccc(S(=O)(=O)N2CCc3cnc(N4CCOCC4)nc3C2)cc1. The Balaban J connectivity index is 1.54. The van der Waals surface area contributed by atoms with E-state index in [0.717, 1.165) is 24.3 Å². The zero-order valence-corrected chi connectivity index (χ0v) is 17.0. The number of ether oxygens (including phenoxy) is 1. The van der Waals surface area contributed by atoms with E-state index in [1.165, 1.54) is 23.4 Å². The van der Waals surface area contributed by atoms with E-state index in [2.05, 4.69) is 20.2 Å². The number of hydrogen-bond acceptors (Lipinski definition) is 7. The highest BCUT2D eigenvalue weighted by Gasteiger charge is 2.30. The van der Waals surface area contributed by atoms with Crippen molar-refractivity contribution in [1.29, 1.82) is 0 Å². The van der Waals surface area contributed by atoms with E-state index in [1.54, 1.807) is 18.3 Å². The molecule has 0 unspecified atom stereocenters. The van der Waals surface area contributed by atoms with E-state index in [0.29, 0.717) is 37.8 Å². The minimum Gasteiger partial charge on any atom is -0.378 e. The van der Waals surface area contributed by atoms with Gasteiger partial charge in [0.25, 0.3) is 0 Å². The van der Waals surface area contributed by atoms with Gasteiger partial charge in [0.15, 0.2) is 0 Å². The molecular formula is C19H23N5O4S. The third-order valence-electron chi connectivity index (χ3n) is 5.00. The predicted molar refractivity (Wildman–Crippen MR) is 107 cm³/mol. The first-order valence-electron chi connectivity index (χ1n) is 9.49. The van der Waals surface area contributed by atoms with Gasteiger partial charge < -0.3 is 15.0 Å². The second-order valence-electron chi connectivity index (χ2n) is 7.04. The highest BCUT2D eigenvalue weighted by Crippen LogP contribution is 2.26. The first-order valence-corrected chi connectivity index (χ1v) is 10.9. The van der Waals surface area contributed by atoms with Crippen molar-refractivity contribution in [2.45, 2.75) is 24.8 Å². The molecule has 0 radical (unpaired) electrons. The van der Waals surface area contributed by atoms with Crippen molar-refractivity contribution in [2.24, 2.45) is 0 Å². The number of benzene rings is 1. The minimum absolute atomic E-state index is 0.192. The molecule has 1 saturated heterocycles. The maximum Gasteiger partial charge on any atom is 0.243 e. The van der Waals surface area contributed by atoms with Crippen LogP contribution in [0.2, 0.25) is 0 Å². The third kappa shape index (κ3) is 4.24. The van der Waals surface area contributed by atoms with E-state index in [1.807, 2.05) is 0 Å². The lowest BCUT2D eigenvalue weighted by atomic mass is 10.1. The van der Waals surface area contributed by atoms with E-state index in [4.69, 9.17) is 4.74 Å². The van der Waals surface area contributed by atoms with E-state index >= 15 is 0 Å². The zero-order valence-electron chi connectivity index (χ0n) is 16.2. The number of aromatic nitrogens is 2. The number of fused-ring (bicyclic) bond motifs is 1. The Kier molecular flexibility index (Phi) is 5.48. The molecule has 0 bridgehead atoms. The van der Waals surface area contributed by atoms with Crippen LogP contribution in [0.1, 0.15) is 18.2 Å². The lowest BCUT2D eigenvalue weighted by Crippen LogP contribution is -2.39. The number of morpholine rings is 1. The lowest BCUT2D eigenvalue weighted by Gasteiger charge is -2.30. The van der Waals surface area contributed by atoms with Gasteiger partial charge >= 0.3 is 0 Å². The van der Waals surface area contributed by atoms with Crippen LogP contribution in [0.3, 0.4) is 0 Å². The monoisotopic (exact) mass is 417 g/mol. The van der Waals surface area contributed by atoms with Crippen LogP contribution in [0.4, 0.5) is 11.6 Å². The number of nitrogens with zero attached hydrogens (tertiary/aromatic N) is 4. The summed E-state index contributed by atoms with van der Waals surface area (Å²) in [4.78, 5) is 22.5. The Morgan fingerprint density at radius 3 is 2.55 bits per heavy atom. The maximum absolute atomic E-state index is 13.1. The second kappa shape index (κ2) is 8.05. The molecule has 2 aliphatic heterocycles. The standard InChI is InChI=1S/C19H23N5O4S/c1-14(25)21-16-2-4-17(5-3-16)29(26,27)24-7-6-15-12-20-19(22-18(15)13-24)23-8-10-28-11-9-23/h2-5,12H,6-11,13H2,1H3,(H,21,25). The summed E-state index contributed by atoms with van der Waals surface area (Å²) in [5, 5.41) is 2.64. The molecule has 1 amide bonds. The summed E-state index contributed by atoms with van der Waals surface area (Å²) in [6.07, 6.45) is 2.38. The number of anilines is 2. The number of carbonyl (C=O) groups excluding carboxylic acids is 1. The summed E-state index contributed by atoms with van der Waals surface area (Å²) in [6, 6.07) is 6.19. The topological polar surface area (TPSA) is 105 Å². The molecule has 0 spiro atoms. The number of nitrogens with one attached hydrogen (secondary N) is 1. The van der Waals surface area contributed by atoms with Gasteiger partial charge in [0, 0.05) is 38.4 Å². The van der Waals surface area contributed by atoms with Crippen molar-refractivity contribution in [1.82, 2.24) is 14.3 Å². The van der Waals surface area contributed by atoms with E-state index < -0.39 is 10.0 Å². The number of rotatable bonds is 4. The normalized spacial score (nSPS) is 17.6. The molecule has 9 nitrogen and oxygen atoms in total. The summed E-state index contributed by atoms with van der Waals surface area (Å²) in [5.74, 6) is 0.412. The molecule has 2 aromatic rings. The third-order valence-corrected chi connectivity index (χ3v) is 6.86. The molecule has 0 atom stereocenters. The van der Waals surface area contributed by atoms with Gasteiger partial charge in [0.05, 0.1) is 30.3 Å². The van der Waals surface area contributed by atoms with Crippen LogP contribution in [0.15, 0.2) is 35.4 Å². The van der Waals surface area contributed by atoms with Crippen LogP contribution in [-0.4, -0.2) is 61.4 Å². The fourth-order valence-corrected chi connectivity index (χ4v) is 4.85.